The lowest BCUT2D eigenvalue weighted by atomic mass is 10.2. The maximum atomic E-state index is 8.98. The summed E-state index contributed by atoms with van der Waals surface area (Å²) in [5, 5.41) is 8.98. The molecular weight excluding hydrogens is 250 g/mol. The molecule has 1 aromatic heterocycles. The summed E-state index contributed by atoms with van der Waals surface area (Å²) in [6.07, 6.45) is 6.85. The molecule has 0 saturated heterocycles. The van der Waals surface area contributed by atoms with Crippen LogP contribution >= 0.6 is 0 Å². The summed E-state index contributed by atoms with van der Waals surface area (Å²) in [5.41, 5.74) is 0.585. The zero-order valence-corrected chi connectivity index (χ0v) is 11.7. The molecule has 0 fully saturated rings. The number of imidazole rings is 1. The van der Waals surface area contributed by atoms with Gasteiger partial charge in [0.15, 0.2) is 0 Å². The first kappa shape index (κ1) is 14.1. The van der Waals surface area contributed by atoms with Crippen LogP contribution in [0.4, 0.5) is 0 Å². The van der Waals surface area contributed by atoms with Crippen LogP contribution in [0, 0.1) is 11.3 Å². The van der Waals surface area contributed by atoms with Crippen LogP contribution in [0.25, 0.3) is 0 Å². The van der Waals surface area contributed by atoms with Crippen LogP contribution in [-0.2, 0) is 13.0 Å². The highest BCUT2D eigenvalue weighted by molar-refractivity contribution is 5.42. The molecule has 0 unspecified atom stereocenters. The van der Waals surface area contributed by atoms with Crippen molar-refractivity contribution in [3.63, 3.8) is 0 Å². The summed E-state index contributed by atoms with van der Waals surface area (Å²) in [4.78, 5) is 4.35. The fraction of sp³-hybridized carbons (Fsp3) is 0.375. The van der Waals surface area contributed by atoms with Crippen molar-refractivity contribution >= 4 is 0 Å². The second-order valence-corrected chi connectivity index (χ2v) is 4.60. The summed E-state index contributed by atoms with van der Waals surface area (Å²) in [6, 6.07) is 9.46. The molecule has 0 atom stereocenters. The molecule has 0 aliphatic heterocycles. The number of hydrogen-bond donors (Lipinski definition) is 0. The van der Waals surface area contributed by atoms with Crippen molar-refractivity contribution in [2.45, 2.75) is 32.7 Å². The third-order valence-electron chi connectivity index (χ3n) is 3.08. The Bertz CT molecular complexity index is 583. The van der Waals surface area contributed by atoms with Crippen LogP contribution in [0.2, 0.25) is 0 Å². The molecule has 104 valence electrons. The Labute approximate surface area is 119 Å². The highest BCUT2D eigenvalue weighted by Gasteiger charge is 2.03. The Morgan fingerprint density at radius 1 is 1.35 bits per heavy atom. The number of hydrogen-bond acceptors (Lipinski definition) is 3. The van der Waals surface area contributed by atoms with Crippen molar-refractivity contribution in [2.75, 3.05) is 6.61 Å². The van der Waals surface area contributed by atoms with E-state index < -0.39 is 0 Å². The smallest absolute Gasteiger partial charge is 0.137 e. The topological polar surface area (TPSA) is 50.8 Å². The van der Waals surface area contributed by atoms with Gasteiger partial charge < -0.3 is 9.30 Å². The first-order valence-corrected chi connectivity index (χ1v) is 6.97. The van der Waals surface area contributed by atoms with Gasteiger partial charge in [0.05, 0.1) is 12.2 Å². The van der Waals surface area contributed by atoms with E-state index in [1.54, 1.807) is 6.07 Å². The van der Waals surface area contributed by atoms with Crippen molar-refractivity contribution in [3.8, 4) is 11.8 Å². The minimum absolute atomic E-state index is 0.585. The highest BCUT2D eigenvalue weighted by atomic mass is 16.5. The van der Waals surface area contributed by atoms with Gasteiger partial charge in [-0.1, -0.05) is 19.1 Å². The van der Waals surface area contributed by atoms with E-state index in [-0.39, 0.29) is 0 Å². The third kappa shape index (κ3) is 3.61. The first-order valence-electron chi connectivity index (χ1n) is 6.97. The molecule has 0 bridgehead atoms. The SMILES string of the molecule is CCCc1nccn1CCCOc1ccccc1C#N. The van der Waals surface area contributed by atoms with E-state index in [4.69, 9.17) is 10.00 Å². The van der Waals surface area contributed by atoms with E-state index in [9.17, 15) is 0 Å². The predicted molar refractivity (Wildman–Crippen MR) is 77.5 cm³/mol. The minimum atomic E-state index is 0.585. The van der Waals surface area contributed by atoms with Crippen LogP contribution in [-0.4, -0.2) is 16.2 Å². The fourth-order valence-electron chi connectivity index (χ4n) is 2.10. The molecule has 0 spiro atoms. The maximum Gasteiger partial charge on any atom is 0.137 e. The van der Waals surface area contributed by atoms with Crippen molar-refractivity contribution in [1.82, 2.24) is 9.55 Å². The number of ether oxygens (including phenoxy) is 1. The average Bonchev–Trinajstić information content (AvgIpc) is 2.92. The van der Waals surface area contributed by atoms with E-state index in [1.807, 2.05) is 30.6 Å². The molecule has 0 aliphatic rings. The summed E-state index contributed by atoms with van der Waals surface area (Å²) >= 11 is 0. The van der Waals surface area contributed by atoms with Gasteiger partial charge in [-0.3, -0.25) is 0 Å². The number of nitriles is 1. The Morgan fingerprint density at radius 2 is 2.20 bits per heavy atom. The molecular formula is C16H19N3O. The summed E-state index contributed by atoms with van der Waals surface area (Å²) in [5.74, 6) is 1.79. The Hall–Kier alpha value is -2.28. The van der Waals surface area contributed by atoms with Gasteiger partial charge in [-0.15, -0.1) is 0 Å². The molecule has 20 heavy (non-hydrogen) atoms. The lowest BCUT2D eigenvalue weighted by Gasteiger charge is -2.09. The number of nitrogens with zero attached hydrogens (tertiary/aromatic N) is 3. The Morgan fingerprint density at radius 3 is 3.00 bits per heavy atom. The number of aryl methyl sites for hydroxylation is 2. The molecule has 0 saturated carbocycles. The van der Waals surface area contributed by atoms with E-state index in [0.717, 1.165) is 31.6 Å². The fourth-order valence-corrected chi connectivity index (χ4v) is 2.10. The van der Waals surface area contributed by atoms with Crippen LogP contribution in [0.3, 0.4) is 0 Å². The summed E-state index contributed by atoms with van der Waals surface area (Å²) in [6.45, 7) is 3.65. The van der Waals surface area contributed by atoms with Gasteiger partial charge in [0.2, 0.25) is 0 Å². The third-order valence-corrected chi connectivity index (χ3v) is 3.08. The molecule has 0 amide bonds. The van der Waals surface area contributed by atoms with E-state index in [2.05, 4.69) is 22.5 Å². The van der Waals surface area contributed by atoms with Crippen LogP contribution in [0.15, 0.2) is 36.7 Å². The van der Waals surface area contributed by atoms with Gasteiger partial charge in [-0.25, -0.2) is 4.98 Å². The van der Waals surface area contributed by atoms with Crippen molar-refractivity contribution in [2.24, 2.45) is 0 Å². The molecule has 0 N–H and O–H groups in total. The molecule has 0 radical (unpaired) electrons. The Balaban J connectivity index is 1.82. The van der Waals surface area contributed by atoms with E-state index in [1.165, 1.54) is 0 Å². The van der Waals surface area contributed by atoms with Gasteiger partial charge in [0.1, 0.15) is 17.6 Å². The summed E-state index contributed by atoms with van der Waals surface area (Å²) < 4.78 is 7.84. The number of aromatic nitrogens is 2. The molecule has 0 aliphatic carbocycles. The molecule has 1 heterocycles. The molecule has 4 heteroatoms. The highest BCUT2D eigenvalue weighted by Crippen LogP contribution is 2.16. The van der Waals surface area contributed by atoms with Crippen LogP contribution in [0.1, 0.15) is 31.2 Å². The first-order chi connectivity index (χ1) is 9.85. The lowest BCUT2D eigenvalue weighted by Crippen LogP contribution is -2.07. The monoisotopic (exact) mass is 269 g/mol. The van der Waals surface area contributed by atoms with Crippen molar-refractivity contribution in [3.05, 3.63) is 48.0 Å². The minimum Gasteiger partial charge on any atom is -0.492 e. The van der Waals surface area contributed by atoms with Crippen LogP contribution in [0.5, 0.6) is 5.75 Å². The van der Waals surface area contributed by atoms with Gasteiger partial charge in [0.25, 0.3) is 0 Å². The van der Waals surface area contributed by atoms with Crippen LogP contribution < -0.4 is 4.74 Å². The standard InChI is InChI=1S/C16H19N3O/c1-2-6-16-18-9-11-19(16)10-5-12-20-15-8-4-3-7-14(15)13-17/h3-4,7-9,11H,2,5-6,10,12H2,1H3. The predicted octanol–water partition coefficient (Wildman–Crippen LogP) is 3.18. The molecule has 2 aromatic rings. The average molecular weight is 269 g/mol. The second-order valence-electron chi connectivity index (χ2n) is 4.60. The quantitative estimate of drug-likeness (QED) is 0.725. The van der Waals surface area contributed by atoms with E-state index in [0.29, 0.717) is 17.9 Å². The van der Waals surface area contributed by atoms with Crippen molar-refractivity contribution in [1.29, 1.82) is 5.26 Å². The van der Waals surface area contributed by atoms with Gasteiger partial charge >= 0.3 is 0 Å². The van der Waals surface area contributed by atoms with Crippen molar-refractivity contribution < 1.29 is 4.74 Å². The normalized spacial score (nSPS) is 10.2. The Kier molecular flexibility index (Phi) is 5.19. The van der Waals surface area contributed by atoms with E-state index >= 15 is 0 Å². The van der Waals surface area contributed by atoms with Gasteiger partial charge in [-0.05, 0) is 25.0 Å². The zero-order chi connectivity index (χ0) is 14.2. The lowest BCUT2D eigenvalue weighted by molar-refractivity contribution is 0.300. The number of para-hydroxylation sites is 1. The molecule has 4 nitrogen and oxygen atoms in total. The second kappa shape index (κ2) is 7.34. The zero-order valence-electron chi connectivity index (χ0n) is 11.7. The number of benzene rings is 1. The largest absolute Gasteiger partial charge is 0.492 e. The number of rotatable bonds is 7. The molecule has 2 rings (SSSR count). The summed E-state index contributed by atoms with van der Waals surface area (Å²) in [7, 11) is 0. The molecule has 1 aromatic carbocycles. The van der Waals surface area contributed by atoms with Gasteiger partial charge in [-0.2, -0.15) is 5.26 Å². The maximum absolute atomic E-state index is 8.98. The van der Waals surface area contributed by atoms with Gasteiger partial charge in [0, 0.05) is 25.4 Å².